The number of likely N-dealkylation sites (N-methyl/N-ethyl adjacent to an activating group) is 1. The molecule has 0 unspecified atom stereocenters. The lowest BCUT2D eigenvalue weighted by Crippen LogP contribution is -2.35. The van der Waals surface area contributed by atoms with E-state index in [9.17, 15) is 14.7 Å². The van der Waals surface area contributed by atoms with E-state index in [0.717, 1.165) is 11.1 Å². The number of carbonyl (C=O) groups excluding carboxylic acids is 2. The Bertz CT molecular complexity index is 1050. The summed E-state index contributed by atoms with van der Waals surface area (Å²) in [6, 6.07) is 12.6. The maximum Gasteiger partial charge on any atom is 0.295 e. The van der Waals surface area contributed by atoms with Gasteiger partial charge in [-0.25, -0.2) is 0 Å². The van der Waals surface area contributed by atoms with Crippen molar-refractivity contribution in [2.24, 2.45) is 0 Å². The number of benzene rings is 2. The number of hydrogen-bond donors (Lipinski definition) is 1. The molecule has 1 heterocycles. The first kappa shape index (κ1) is 24.5. The van der Waals surface area contributed by atoms with Crippen molar-refractivity contribution < 1.29 is 19.4 Å². The van der Waals surface area contributed by atoms with E-state index in [1.807, 2.05) is 63.2 Å². The Hall–Kier alpha value is -3.12. The van der Waals surface area contributed by atoms with Crippen LogP contribution < -0.4 is 4.74 Å². The first-order valence-electron chi connectivity index (χ1n) is 11.4. The molecule has 3 rings (SSSR count). The second-order valence-corrected chi connectivity index (χ2v) is 9.03. The van der Waals surface area contributed by atoms with Crippen LogP contribution in [-0.2, 0) is 9.59 Å². The zero-order valence-corrected chi connectivity index (χ0v) is 20.4. The number of nitrogens with zero attached hydrogens (tertiary/aromatic N) is 2. The Balaban J connectivity index is 2.13. The molecule has 0 spiro atoms. The molecule has 2 aromatic rings. The molecule has 0 aliphatic carbocycles. The van der Waals surface area contributed by atoms with Gasteiger partial charge in [0.1, 0.15) is 11.5 Å². The minimum atomic E-state index is -0.655. The average molecular weight is 451 g/mol. The van der Waals surface area contributed by atoms with E-state index in [0.29, 0.717) is 36.9 Å². The number of ether oxygens (including phenoxy) is 1. The van der Waals surface area contributed by atoms with Crippen LogP contribution in [0.4, 0.5) is 0 Å². The van der Waals surface area contributed by atoms with Crippen LogP contribution in [0.3, 0.4) is 0 Å². The molecular formula is C27H34N2O4. The van der Waals surface area contributed by atoms with Crippen molar-refractivity contribution in [3.63, 3.8) is 0 Å². The lowest BCUT2D eigenvalue weighted by molar-refractivity contribution is -0.140. The van der Waals surface area contributed by atoms with Crippen molar-refractivity contribution in [2.75, 3.05) is 33.8 Å². The Kier molecular flexibility index (Phi) is 7.59. The van der Waals surface area contributed by atoms with Crippen LogP contribution in [0.5, 0.6) is 5.75 Å². The number of aliphatic hydroxyl groups excluding tert-OH is 1. The number of aryl methyl sites for hydroxylation is 1. The zero-order chi connectivity index (χ0) is 24.3. The molecular weight excluding hydrogens is 416 g/mol. The van der Waals surface area contributed by atoms with Crippen LogP contribution >= 0.6 is 0 Å². The van der Waals surface area contributed by atoms with E-state index < -0.39 is 17.7 Å². The summed E-state index contributed by atoms with van der Waals surface area (Å²) in [7, 11) is 3.85. The molecule has 1 fully saturated rings. The standard InChI is InChI=1S/C27H34N2O4/c1-7-33-21-12-13-22(18(4)16-21)25(30)23-24(20-10-8-19(9-11-20)17(2)3)29(15-14-28(5)6)27(32)26(23)31/h8-13,16-17,24,30H,7,14-15H2,1-6H3/t24-/m1/s1. The zero-order valence-electron chi connectivity index (χ0n) is 20.4. The third kappa shape index (κ3) is 5.11. The fraction of sp³-hybridized carbons (Fsp3) is 0.407. The van der Waals surface area contributed by atoms with Gasteiger partial charge < -0.3 is 19.6 Å². The van der Waals surface area contributed by atoms with Gasteiger partial charge >= 0.3 is 0 Å². The highest BCUT2D eigenvalue weighted by Gasteiger charge is 2.46. The quantitative estimate of drug-likeness (QED) is 0.364. The van der Waals surface area contributed by atoms with Gasteiger partial charge in [-0.15, -0.1) is 0 Å². The van der Waals surface area contributed by atoms with Crippen LogP contribution in [0.1, 0.15) is 55.0 Å². The van der Waals surface area contributed by atoms with E-state index in [2.05, 4.69) is 13.8 Å². The van der Waals surface area contributed by atoms with Crippen LogP contribution in [0, 0.1) is 6.92 Å². The molecule has 0 bridgehead atoms. The van der Waals surface area contributed by atoms with Gasteiger partial charge in [-0.2, -0.15) is 0 Å². The number of likely N-dealkylation sites (tertiary alicyclic amines) is 1. The molecule has 0 aromatic heterocycles. The van der Waals surface area contributed by atoms with E-state index in [1.165, 1.54) is 5.56 Å². The van der Waals surface area contributed by atoms with Crippen molar-refractivity contribution in [2.45, 2.75) is 39.7 Å². The summed E-state index contributed by atoms with van der Waals surface area (Å²) in [4.78, 5) is 29.7. The van der Waals surface area contributed by atoms with E-state index in [-0.39, 0.29) is 11.3 Å². The Morgan fingerprint density at radius 3 is 2.33 bits per heavy atom. The highest BCUT2D eigenvalue weighted by atomic mass is 16.5. The molecule has 1 aliphatic heterocycles. The lowest BCUT2D eigenvalue weighted by Gasteiger charge is -2.27. The van der Waals surface area contributed by atoms with Crippen LogP contribution in [-0.4, -0.2) is 60.4 Å². The Morgan fingerprint density at radius 1 is 1.12 bits per heavy atom. The van der Waals surface area contributed by atoms with Gasteiger partial charge in [-0.3, -0.25) is 9.59 Å². The smallest absolute Gasteiger partial charge is 0.295 e. The molecule has 1 saturated heterocycles. The number of ketones is 1. The number of carbonyl (C=O) groups is 2. The summed E-state index contributed by atoms with van der Waals surface area (Å²) in [6.45, 7) is 9.52. The maximum absolute atomic E-state index is 13.2. The summed E-state index contributed by atoms with van der Waals surface area (Å²) < 4.78 is 5.55. The third-order valence-corrected chi connectivity index (χ3v) is 6.01. The fourth-order valence-corrected chi connectivity index (χ4v) is 4.13. The van der Waals surface area contributed by atoms with Gasteiger partial charge in [0.25, 0.3) is 11.7 Å². The second kappa shape index (κ2) is 10.2. The Labute approximate surface area is 196 Å². The summed E-state index contributed by atoms with van der Waals surface area (Å²) in [5, 5.41) is 11.3. The molecule has 33 heavy (non-hydrogen) atoms. The number of Topliss-reactive ketones (excluding diaryl/α,β-unsaturated/α-hetero) is 1. The van der Waals surface area contributed by atoms with Gasteiger partial charge in [0.05, 0.1) is 18.2 Å². The average Bonchev–Trinajstić information content (AvgIpc) is 3.02. The number of amides is 1. The van der Waals surface area contributed by atoms with Crippen molar-refractivity contribution in [1.29, 1.82) is 0 Å². The predicted molar refractivity (Wildman–Crippen MR) is 130 cm³/mol. The minimum Gasteiger partial charge on any atom is -0.507 e. The monoisotopic (exact) mass is 450 g/mol. The number of hydrogen-bond acceptors (Lipinski definition) is 5. The normalized spacial score (nSPS) is 17.9. The SMILES string of the molecule is CCOc1ccc(C(O)=C2C(=O)C(=O)N(CCN(C)C)[C@@H]2c2ccc(C(C)C)cc2)c(C)c1. The molecule has 6 heteroatoms. The van der Waals surface area contributed by atoms with E-state index in [1.54, 1.807) is 17.0 Å². The number of rotatable bonds is 8. The second-order valence-electron chi connectivity index (χ2n) is 9.03. The van der Waals surface area contributed by atoms with Crippen LogP contribution in [0.25, 0.3) is 5.76 Å². The predicted octanol–water partition coefficient (Wildman–Crippen LogP) is 4.50. The van der Waals surface area contributed by atoms with Crippen molar-refractivity contribution in [1.82, 2.24) is 9.80 Å². The molecule has 6 nitrogen and oxygen atoms in total. The molecule has 0 saturated carbocycles. The van der Waals surface area contributed by atoms with Gasteiger partial charge in [0.2, 0.25) is 0 Å². The van der Waals surface area contributed by atoms with Crippen molar-refractivity contribution in [3.8, 4) is 5.75 Å². The fourth-order valence-electron chi connectivity index (χ4n) is 4.13. The third-order valence-electron chi connectivity index (χ3n) is 6.01. The van der Waals surface area contributed by atoms with Gasteiger partial charge in [0, 0.05) is 18.7 Å². The largest absolute Gasteiger partial charge is 0.507 e. The molecule has 1 amide bonds. The molecule has 0 radical (unpaired) electrons. The number of aliphatic hydroxyl groups is 1. The van der Waals surface area contributed by atoms with Gasteiger partial charge in [-0.05, 0) is 68.8 Å². The topological polar surface area (TPSA) is 70.1 Å². The van der Waals surface area contributed by atoms with Crippen molar-refractivity contribution in [3.05, 3.63) is 70.3 Å². The summed E-state index contributed by atoms with van der Waals surface area (Å²) in [5.74, 6) is -0.332. The minimum absolute atomic E-state index is 0.128. The van der Waals surface area contributed by atoms with Crippen LogP contribution in [0.2, 0.25) is 0 Å². The summed E-state index contributed by atoms with van der Waals surface area (Å²) in [6.07, 6.45) is 0. The lowest BCUT2D eigenvalue weighted by atomic mass is 9.92. The van der Waals surface area contributed by atoms with E-state index >= 15 is 0 Å². The van der Waals surface area contributed by atoms with E-state index in [4.69, 9.17) is 4.74 Å². The first-order valence-corrected chi connectivity index (χ1v) is 11.4. The summed E-state index contributed by atoms with van der Waals surface area (Å²) >= 11 is 0. The first-order chi connectivity index (χ1) is 15.6. The molecule has 1 N–H and O–H groups in total. The van der Waals surface area contributed by atoms with Gasteiger partial charge in [0.15, 0.2) is 0 Å². The molecule has 1 aliphatic rings. The van der Waals surface area contributed by atoms with Crippen molar-refractivity contribution >= 4 is 17.4 Å². The highest BCUT2D eigenvalue weighted by Crippen LogP contribution is 2.40. The van der Waals surface area contributed by atoms with Crippen LogP contribution in [0.15, 0.2) is 48.0 Å². The molecule has 176 valence electrons. The molecule has 2 aromatic carbocycles. The van der Waals surface area contributed by atoms with Gasteiger partial charge in [-0.1, -0.05) is 38.1 Å². The summed E-state index contributed by atoms with van der Waals surface area (Å²) in [5.41, 5.74) is 3.40. The maximum atomic E-state index is 13.2. The Morgan fingerprint density at radius 2 is 1.79 bits per heavy atom. The highest BCUT2D eigenvalue weighted by molar-refractivity contribution is 6.46. The molecule has 1 atom stereocenters.